The monoisotopic (exact) mass is 239 g/mol. The van der Waals surface area contributed by atoms with E-state index in [1.165, 1.54) is 64.2 Å². The van der Waals surface area contributed by atoms with Crippen molar-refractivity contribution in [2.75, 3.05) is 0 Å². The van der Waals surface area contributed by atoms with Crippen LogP contribution in [-0.4, -0.2) is 12.1 Å². The second kappa shape index (κ2) is 8.97. The van der Waals surface area contributed by atoms with Crippen molar-refractivity contribution in [1.29, 1.82) is 0 Å². The molecule has 1 saturated carbocycles. The number of hydrogen-bond donors (Lipinski definition) is 1. The Morgan fingerprint density at radius 3 is 2.24 bits per heavy atom. The summed E-state index contributed by atoms with van der Waals surface area (Å²) in [6.45, 7) is 7.04. The predicted octanol–water partition coefficient (Wildman–Crippen LogP) is 4.90. The van der Waals surface area contributed by atoms with Crippen molar-refractivity contribution < 1.29 is 0 Å². The minimum atomic E-state index is 0.731. The molecular weight excluding hydrogens is 206 g/mol. The van der Waals surface area contributed by atoms with Gasteiger partial charge in [0.2, 0.25) is 0 Å². The van der Waals surface area contributed by atoms with Crippen LogP contribution in [0.1, 0.15) is 85.0 Å². The van der Waals surface area contributed by atoms with Crippen LogP contribution in [0.2, 0.25) is 0 Å². The van der Waals surface area contributed by atoms with Gasteiger partial charge >= 0.3 is 0 Å². The van der Waals surface area contributed by atoms with E-state index in [9.17, 15) is 0 Å². The van der Waals surface area contributed by atoms with E-state index in [2.05, 4.69) is 26.1 Å². The number of nitrogens with one attached hydrogen (secondary N) is 1. The molecule has 1 heteroatoms. The van der Waals surface area contributed by atoms with Crippen LogP contribution < -0.4 is 5.32 Å². The van der Waals surface area contributed by atoms with Gasteiger partial charge in [0.1, 0.15) is 0 Å². The lowest BCUT2D eigenvalue weighted by atomic mass is 9.92. The maximum absolute atomic E-state index is 3.90. The fourth-order valence-corrected chi connectivity index (χ4v) is 3.17. The molecule has 1 aliphatic carbocycles. The van der Waals surface area contributed by atoms with Gasteiger partial charge in [0, 0.05) is 12.1 Å². The van der Waals surface area contributed by atoms with E-state index in [0.717, 1.165) is 18.0 Å². The Kier molecular flexibility index (Phi) is 7.92. The molecule has 1 aliphatic rings. The molecule has 1 rings (SSSR count). The summed E-state index contributed by atoms with van der Waals surface area (Å²) in [4.78, 5) is 0. The zero-order valence-corrected chi connectivity index (χ0v) is 12.3. The Morgan fingerprint density at radius 1 is 1.06 bits per heavy atom. The van der Waals surface area contributed by atoms with Crippen molar-refractivity contribution >= 4 is 0 Å². The van der Waals surface area contributed by atoms with E-state index in [-0.39, 0.29) is 0 Å². The van der Waals surface area contributed by atoms with E-state index < -0.39 is 0 Å². The maximum Gasteiger partial charge on any atom is 0.00695 e. The van der Waals surface area contributed by atoms with Crippen molar-refractivity contribution in [3.05, 3.63) is 0 Å². The van der Waals surface area contributed by atoms with Gasteiger partial charge in [-0.1, -0.05) is 52.4 Å². The summed E-state index contributed by atoms with van der Waals surface area (Å²) in [5.41, 5.74) is 0. The minimum Gasteiger partial charge on any atom is -0.311 e. The molecular formula is C16H33N. The highest BCUT2D eigenvalue weighted by Gasteiger charge is 2.20. The van der Waals surface area contributed by atoms with Gasteiger partial charge in [0.05, 0.1) is 0 Å². The summed E-state index contributed by atoms with van der Waals surface area (Å²) in [5, 5.41) is 3.90. The first-order valence-corrected chi connectivity index (χ1v) is 8.04. The molecule has 1 unspecified atom stereocenters. The molecule has 102 valence electrons. The van der Waals surface area contributed by atoms with E-state index in [4.69, 9.17) is 0 Å². The fraction of sp³-hybridized carbons (Fsp3) is 1.00. The van der Waals surface area contributed by atoms with Crippen LogP contribution >= 0.6 is 0 Å². The largest absolute Gasteiger partial charge is 0.311 e. The second-order valence-corrected chi connectivity index (χ2v) is 5.95. The number of hydrogen-bond acceptors (Lipinski definition) is 1. The number of unbranched alkanes of at least 4 members (excludes halogenated alkanes) is 1. The Labute approximate surface area is 109 Å². The molecule has 0 bridgehead atoms. The summed E-state index contributed by atoms with van der Waals surface area (Å²) < 4.78 is 0. The van der Waals surface area contributed by atoms with Gasteiger partial charge in [-0.25, -0.2) is 0 Å². The molecule has 0 spiro atoms. The Bertz CT molecular complexity index is 170. The zero-order valence-electron chi connectivity index (χ0n) is 12.3. The standard InChI is InChI=1S/C16H33N/c1-4-6-13-16(5-2)17-14(3)15-11-9-7-8-10-12-15/h14-17H,4-13H2,1-3H3/t14-,16?/m0/s1. The van der Waals surface area contributed by atoms with Gasteiger partial charge in [-0.15, -0.1) is 0 Å². The summed E-state index contributed by atoms with van der Waals surface area (Å²) in [7, 11) is 0. The molecule has 2 atom stereocenters. The molecule has 1 nitrogen and oxygen atoms in total. The van der Waals surface area contributed by atoms with Crippen LogP contribution in [0.4, 0.5) is 0 Å². The normalized spacial score (nSPS) is 22.1. The summed E-state index contributed by atoms with van der Waals surface area (Å²) >= 11 is 0. The van der Waals surface area contributed by atoms with Crippen LogP contribution in [0.25, 0.3) is 0 Å². The highest BCUT2D eigenvalue weighted by atomic mass is 14.9. The average Bonchev–Trinajstić information content (AvgIpc) is 2.63. The van der Waals surface area contributed by atoms with Crippen LogP contribution in [-0.2, 0) is 0 Å². The van der Waals surface area contributed by atoms with Gasteiger partial charge in [-0.2, -0.15) is 0 Å². The third kappa shape index (κ3) is 5.90. The van der Waals surface area contributed by atoms with Crippen LogP contribution in [0, 0.1) is 5.92 Å². The molecule has 0 aliphatic heterocycles. The molecule has 0 aromatic heterocycles. The van der Waals surface area contributed by atoms with Crippen LogP contribution in [0.3, 0.4) is 0 Å². The number of rotatable bonds is 7. The highest BCUT2D eigenvalue weighted by molar-refractivity contribution is 4.78. The minimum absolute atomic E-state index is 0.731. The molecule has 0 amide bonds. The molecule has 1 N–H and O–H groups in total. The smallest absolute Gasteiger partial charge is 0.00695 e. The first kappa shape index (κ1) is 15.0. The Morgan fingerprint density at radius 2 is 1.71 bits per heavy atom. The molecule has 0 heterocycles. The van der Waals surface area contributed by atoms with Gasteiger partial charge in [0.15, 0.2) is 0 Å². The third-order valence-electron chi connectivity index (χ3n) is 4.50. The Hall–Kier alpha value is -0.0400. The quantitative estimate of drug-likeness (QED) is 0.623. The van der Waals surface area contributed by atoms with Gasteiger partial charge in [0.25, 0.3) is 0 Å². The van der Waals surface area contributed by atoms with E-state index >= 15 is 0 Å². The molecule has 0 aromatic rings. The van der Waals surface area contributed by atoms with Gasteiger partial charge < -0.3 is 5.32 Å². The molecule has 17 heavy (non-hydrogen) atoms. The van der Waals surface area contributed by atoms with E-state index in [1.807, 2.05) is 0 Å². The second-order valence-electron chi connectivity index (χ2n) is 5.95. The first-order valence-electron chi connectivity index (χ1n) is 8.04. The summed E-state index contributed by atoms with van der Waals surface area (Å²) in [5.74, 6) is 0.938. The zero-order chi connectivity index (χ0) is 12.5. The SMILES string of the molecule is CCCCC(CC)N[C@@H](C)C1CCCCCC1. The fourth-order valence-electron chi connectivity index (χ4n) is 3.17. The van der Waals surface area contributed by atoms with Crippen LogP contribution in [0.15, 0.2) is 0 Å². The summed E-state index contributed by atoms with van der Waals surface area (Å²) in [6.07, 6.45) is 14.1. The highest BCUT2D eigenvalue weighted by Crippen LogP contribution is 2.26. The van der Waals surface area contributed by atoms with Crippen LogP contribution in [0.5, 0.6) is 0 Å². The molecule has 0 radical (unpaired) electrons. The lowest BCUT2D eigenvalue weighted by Gasteiger charge is -2.28. The van der Waals surface area contributed by atoms with Crippen molar-refractivity contribution in [1.82, 2.24) is 5.32 Å². The van der Waals surface area contributed by atoms with Crippen molar-refractivity contribution in [3.8, 4) is 0 Å². The van der Waals surface area contributed by atoms with E-state index in [1.54, 1.807) is 0 Å². The summed E-state index contributed by atoms with van der Waals surface area (Å²) in [6, 6.07) is 1.49. The topological polar surface area (TPSA) is 12.0 Å². The lowest BCUT2D eigenvalue weighted by Crippen LogP contribution is -2.40. The van der Waals surface area contributed by atoms with Crippen molar-refractivity contribution in [2.45, 2.75) is 97.1 Å². The lowest BCUT2D eigenvalue weighted by molar-refractivity contribution is 0.295. The third-order valence-corrected chi connectivity index (χ3v) is 4.50. The van der Waals surface area contributed by atoms with Crippen molar-refractivity contribution in [3.63, 3.8) is 0 Å². The first-order chi connectivity index (χ1) is 8.27. The predicted molar refractivity (Wildman–Crippen MR) is 77.4 cm³/mol. The maximum atomic E-state index is 3.90. The molecule has 0 aromatic carbocycles. The van der Waals surface area contributed by atoms with Crippen molar-refractivity contribution in [2.24, 2.45) is 5.92 Å². The van der Waals surface area contributed by atoms with Gasteiger partial charge in [-0.05, 0) is 38.5 Å². The average molecular weight is 239 g/mol. The molecule has 0 saturated heterocycles. The Balaban J connectivity index is 2.31. The molecule has 1 fully saturated rings. The van der Waals surface area contributed by atoms with E-state index in [0.29, 0.717) is 0 Å². The van der Waals surface area contributed by atoms with Gasteiger partial charge in [-0.3, -0.25) is 0 Å².